The number of para-hydroxylation sites is 1. The molecule has 0 saturated carbocycles. The van der Waals surface area contributed by atoms with Crippen molar-refractivity contribution >= 4 is 39.3 Å². The average Bonchev–Trinajstić information content (AvgIpc) is 1.90. The Kier molecular flexibility index (Phi) is 5.23. The molecule has 0 atom stereocenters. The third-order valence-electron chi connectivity index (χ3n) is 0.832. The van der Waals surface area contributed by atoms with Gasteiger partial charge in [0.05, 0.1) is 0 Å². The molecule has 9 heavy (non-hydrogen) atoms. The number of hydrogen-bond acceptors (Lipinski definition) is 1. The zero-order valence-electron chi connectivity index (χ0n) is 6.88. The van der Waals surface area contributed by atoms with E-state index in [9.17, 15) is 0 Å². The molecule has 0 aromatic heterocycles. The zero-order chi connectivity index (χ0) is 5.82. The third-order valence-corrected chi connectivity index (χ3v) is 1.21. The van der Waals surface area contributed by atoms with Crippen LogP contribution in [0.2, 0.25) is 0 Å². The van der Waals surface area contributed by atoms with Crippen LogP contribution in [0, 0.1) is 0 Å². The van der Waals surface area contributed by atoms with Crippen LogP contribution in [0.1, 0.15) is 2.85 Å². The maximum Gasteiger partial charge on any atom is 2.00 e. The molecule has 0 unspecified atom stereocenters. The normalized spacial score (nSPS) is 7.67. The van der Waals surface area contributed by atoms with Crippen LogP contribution in [0.5, 0.6) is 5.75 Å². The van der Waals surface area contributed by atoms with Gasteiger partial charge in [0.1, 0.15) is 5.75 Å². The Morgan fingerprint density at radius 1 is 1.22 bits per heavy atom. The van der Waals surface area contributed by atoms with Crippen LogP contribution in [0.25, 0.3) is 0 Å². The third kappa shape index (κ3) is 3.08. The topological polar surface area (TPSA) is 9.23 Å². The molecular weight excluding hydrogens is 192 g/mol. The molecule has 1 nitrogen and oxygen atoms in total. The molecule has 0 aliphatic rings. The number of halogens is 1. The van der Waals surface area contributed by atoms with E-state index in [2.05, 4.69) is 16.3 Å². The van der Waals surface area contributed by atoms with Crippen LogP contribution < -0.4 is 3.83 Å². The van der Waals surface area contributed by atoms with Gasteiger partial charge in [-0.05, 0) is 12.1 Å². The van der Waals surface area contributed by atoms with Crippen LogP contribution in [-0.4, -0.2) is 23.1 Å². The van der Waals surface area contributed by atoms with E-state index < -0.39 is 0 Å². The summed E-state index contributed by atoms with van der Waals surface area (Å²) in [6.45, 7) is 0. The van der Waals surface area contributed by atoms with Crippen molar-refractivity contribution in [1.82, 2.24) is 0 Å². The van der Waals surface area contributed by atoms with Crippen molar-refractivity contribution < 1.29 is 6.68 Å². The Morgan fingerprint density at radius 3 is 2.11 bits per heavy atom. The van der Waals surface area contributed by atoms with Crippen molar-refractivity contribution in [2.45, 2.75) is 0 Å². The molecule has 46 valence electrons. The van der Waals surface area contributed by atoms with E-state index in [-0.39, 0.29) is 25.9 Å². The summed E-state index contributed by atoms with van der Waals surface area (Å²) in [7, 11) is 0. The Bertz CT molecular complexity index is 162. The van der Waals surface area contributed by atoms with E-state index in [1.807, 2.05) is 30.3 Å². The summed E-state index contributed by atoms with van der Waals surface area (Å²) < 4.78 is 4.73. The Balaban J connectivity index is -0.000000213. The first kappa shape index (κ1) is 9.27. The van der Waals surface area contributed by atoms with Gasteiger partial charge in [0.25, 0.3) is 0 Å². The fourth-order valence-corrected chi connectivity index (χ4v) is 0.688. The van der Waals surface area contributed by atoms with Crippen LogP contribution >= 0.6 is 16.3 Å². The van der Waals surface area contributed by atoms with Gasteiger partial charge in [-0.15, -0.1) is 0 Å². The predicted octanol–water partition coefficient (Wildman–Crippen LogP) is 2.22. The molecular formula is C6H7BrMgO. The molecule has 0 bridgehead atoms. The maximum atomic E-state index is 4.73. The van der Waals surface area contributed by atoms with Gasteiger partial charge < -0.3 is 6.68 Å². The predicted molar refractivity (Wildman–Crippen MR) is 44.0 cm³/mol. The van der Waals surface area contributed by atoms with Gasteiger partial charge in [-0.2, -0.15) is 0 Å². The summed E-state index contributed by atoms with van der Waals surface area (Å²) in [5.41, 5.74) is 0. The molecule has 0 fully saturated rings. The van der Waals surface area contributed by atoms with E-state index in [0.29, 0.717) is 0 Å². The summed E-state index contributed by atoms with van der Waals surface area (Å²) in [5.74, 6) is 0.826. The van der Waals surface area contributed by atoms with Crippen molar-refractivity contribution in [3.63, 3.8) is 0 Å². The molecule has 0 saturated heterocycles. The van der Waals surface area contributed by atoms with Crippen LogP contribution in [0.15, 0.2) is 30.3 Å². The molecule has 3 heteroatoms. The molecule has 0 aliphatic heterocycles. The van der Waals surface area contributed by atoms with Gasteiger partial charge in [0.15, 0.2) is 16.3 Å². The van der Waals surface area contributed by atoms with Crippen molar-refractivity contribution in [2.24, 2.45) is 0 Å². The van der Waals surface area contributed by atoms with E-state index >= 15 is 0 Å². The Hall–Kier alpha value is 0.266. The SMILES string of the molecule is BrOc1ccccc1.[H-].[H-].[Mg+2]. The number of benzene rings is 1. The Morgan fingerprint density at radius 2 is 1.78 bits per heavy atom. The smallest absolute Gasteiger partial charge is 1.00 e. The molecule has 1 aromatic rings. The van der Waals surface area contributed by atoms with Gasteiger partial charge in [0.2, 0.25) is 0 Å². The minimum atomic E-state index is 0. The molecule has 0 heterocycles. The summed E-state index contributed by atoms with van der Waals surface area (Å²) in [5, 5.41) is 0. The van der Waals surface area contributed by atoms with Gasteiger partial charge in [-0.25, -0.2) is 0 Å². The zero-order valence-corrected chi connectivity index (χ0v) is 7.88. The second kappa shape index (κ2) is 5.08. The fourth-order valence-electron chi connectivity index (χ4n) is 0.472. The molecule has 0 spiro atoms. The molecule has 0 aliphatic carbocycles. The van der Waals surface area contributed by atoms with E-state index in [1.54, 1.807) is 0 Å². The Labute approximate surface area is 82.0 Å². The van der Waals surface area contributed by atoms with Gasteiger partial charge in [0, 0.05) is 0 Å². The maximum absolute atomic E-state index is 4.73. The molecule has 0 amide bonds. The fraction of sp³-hybridized carbons (Fsp3) is 0. The van der Waals surface area contributed by atoms with Crippen molar-refractivity contribution in [2.75, 3.05) is 0 Å². The quantitative estimate of drug-likeness (QED) is 0.630. The summed E-state index contributed by atoms with van der Waals surface area (Å²) in [6, 6.07) is 9.51. The minimum absolute atomic E-state index is 0. The first-order valence-electron chi connectivity index (χ1n) is 2.27. The first-order chi connectivity index (χ1) is 3.93. The summed E-state index contributed by atoms with van der Waals surface area (Å²) in [4.78, 5) is 0. The van der Waals surface area contributed by atoms with E-state index in [4.69, 9.17) is 3.83 Å². The van der Waals surface area contributed by atoms with Crippen molar-refractivity contribution in [3.05, 3.63) is 30.3 Å². The molecule has 0 radical (unpaired) electrons. The van der Waals surface area contributed by atoms with E-state index in [0.717, 1.165) is 5.75 Å². The second-order valence-corrected chi connectivity index (χ2v) is 1.71. The largest absolute Gasteiger partial charge is 2.00 e. The monoisotopic (exact) mass is 198 g/mol. The van der Waals surface area contributed by atoms with Crippen LogP contribution in [0.3, 0.4) is 0 Å². The molecule has 1 aromatic carbocycles. The number of hydrogen-bond donors (Lipinski definition) is 0. The van der Waals surface area contributed by atoms with E-state index in [1.165, 1.54) is 0 Å². The summed E-state index contributed by atoms with van der Waals surface area (Å²) in [6.07, 6.45) is 0. The first-order valence-corrected chi connectivity index (χ1v) is 2.92. The van der Waals surface area contributed by atoms with Crippen molar-refractivity contribution in [3.8, 4) is 5.75 Å². The minimum Gasteiger partial charge on any atom is -1.00 e. The van der Waals surface area contributed by atoms with Crippen molar-refractivity contribution in [1.29, 1.82) is 0 Å². The molecule has 1 rings (SSSR count). The van der Waals surface area contributed by atoms with Crippen LogP contribution in [0.4, 0.5) is 0 Å². The van der Waals surface area contributed by atoms with Crippen LogP contribution in [-0.2, 0) is 0 Å². The summed E-state index contributed by atoms with van der Waals surface area (Å²) >= 11 is 2.86. The van der Waals surface area contributed by atoms with Gasteiger partial charge in [-0.3, -0.25) is 0 Å². The van der Waals surface area contributed by atoms with Gasteiger partial charge >= 0.3 is 23.1 Å². The molecule has 0 N–H and O–H groups in total. The standard InChI is InChI=1S/C6H5BrO.Mg.2H/c7-8-6-4-2-1-3-5-6;;;/h1-5H;;;/q;+2;2*-1. The van der Waals surface area contributed by atoms with Gasteiger partial charge in [-0.1, -0.05) is 18.2 Å². The average molecular weight is 199 g/mol. The number of rotatable bonds is 1. The second-order valence-electron chi connectivity index (χ2n) is 1.39.